The first-order chi connectivity index (χ1) is 14.7. The molecule has 2 aliphatic rings. The van der Waals surface area contributed by atoms with Gasteiger partial charge in [0.1, 0.15) is 24.7 Å². The molecule has 0 saturated carbocycles. The molecular weight excluding hydrogens is 380 g/mol. The third-order valence-electron chi connectivity index (χ3n) is 5.93. The lowest BCUT2D eigenvalue weighted by Crippen LogP contribution is -2.45. The highest BCUT2D eigenvalue weighted by molar-refractivity contribution is 5.58. The molecule has 6 heteroatoms. The third-order valence-corrected chi connectivity index (χ3v) is 5.93. The minimum Gasteiger partial charge on any atom is -0.486 e. The molecule has 0 atom stereocenters. The van der Waals surface area contributed by atoms with Crippen LogP contribution in [-0.2, 0) is 13.0 Å². The van der Waals surface area contributed by atoms with Crippen molar-refractivity contribution in [1.29, 1.82) is 0 Å². The fraction of sp³-hybridized carbons (Fsp3) is 0.375. The molecule has 0 amide bonds. The first kappa shape index (κ1) is 19.2. The summed E-state index contributed by atoms with van der Waals surface area (Å²) >= 11 is 0. The quantitative estimate of drug-likeness (QED) is 0.697. The standard InChI is InChI=1S/C24H26N2O4/c27-24(16-20-15-21(25-30-20)19-4-2-1-3-5-19)8-10-26(11-9-24)17-18-6-7-22-23(14-18)29-13-12-28-22/h1-7,14-15,27H,8-13,16-17H2. The van der Waals surface area contributed by atoms with Crippen LogP contribution in [-0.4, -0.2) is 47.1 Å². The van der Waals surface area contributed by atoms with Crippen LogP contribution in [0, 0.1) is 0 Å². The van der Waals surface area contributed by atoms with Gasteiger partial charge in [-0.05, 0) is 30.5 Å². The Balaban J connectivity index is 1.18. The predicted molar refractivity (Wildman–Crippen MR) is 113 cm³/mol. The summed E-state index contributed by atoms with van der Waals surface area (Å²) in [6.45, 7) is 3.72. The molecule has 2 aliphatic heterocycles. The van der Waals surface area contributed by atoms with E-state index in [2.05, 4.69) is 22.2 Å². The zero-order valence-corrected chi connectivity index (χ0v) is 16.9. The number of fused-ring (bicyclic) bond motifs is 1. The maximum atomic E-state index is 11.1. The third kappa shape index (κ3) is 4.20. The monoisotopic (exact) mass is 406 g/mol. The van der Waals surface area contributed by atoms with E-state index in [1.165, 1.54) is 5.56 Å². The van der Waals surface area contributed by atoms with Crippen LogP contribution in [0.2, 0.25) is 0 Å². The minimum atomic E-state index is -0.753. The zero-order chi connectivity index (χ0) is 20.4. The van der Waals surface area contributed by atoms with E-state index in [0.717, 1.165) is 48.2 Å². The number of hydrogen-bond acceptors (Lipinski definition) is 6. The number of benzene rings is 2. The zero-order valence-electron chi connectivity index (χ0n) is 16.9. The van der Waals surface area contributed by atoms with E-state index in [9.17, 15) is 5.11 Å². The van der Waals surface area contributed by atoms with Gasteiger partial charge in [0, 0.05) is 37.7 Å². The maximum Gasteiger partial charge on any atom is 0.161 e. The van der Waals surface area contributed by atoms with Crippen LogP contribution in [0.4, 0.5) is 0 Å². The molecule has 30 heavy (non-hydrogen) atoms. The summed E-state index contributed by atoms with van der Waals surface area (Å²) < 4.78 is 16.8. The number of piperidine rings is 1. The molecule has 1 fully saturated rings. The molecule has 156 valence electrons. The van der Waals surface area contributed by atoms with E-state index in [-0.39, 0.29) is 0 Å². The molecule has 3 aromatic rings. The number of nitrogens with zero attached hydrogens (tertiary/aromatic N) is 2. The van der Waals surface area contributed by atoms with Gasteiger partial charge < -0.3 is 19.1 Å². The Bertz CT molecular complexity index is 993. The molecule has 0 bridgehead atoms. The molecule has 1 saturated heterocycles. The molecule has 2 aromatic carbocycles. The summed E-state index contributed by atoms with van der Waals surface area (Å²) in [5.41, 5.74) is 2.28. The van der Waals surface area contributed by atoms with Gasteiger partial charge >= 0.3 is 0 Å². The number of rotatable bonds is 5. The highest BCUT2D eigenvalue weighted by Crippen LogP contribution is 2.32. The van der Waals surface area contributed by atoms with Crippen molar-refractivity contribution in [3.05, 3.63) is 65.9 Å². The Hall–Kier alpha value is -2.83. The Morgan fingerprint density at radius 2 is 1.70 bits per heavy atom. The Morgan fingerprint density at radius 3 is 2.50 bits per heavy atom. The van der Waals surface area contributed by atoms with Crippen LogP contribution in [0.1, 0.15) is 24.2 Å². The van der Waals surface area contributed by atoms with E-state index in [4.69, 9.17) is 14.0 Å². The van der Waals surface area contributed by atoms with E-state index in [0.29, 0.717) is 32.5 Å². The summed E-state index contributed by atoms with van der Waals surface area (Å²) in [5, 5.41) is 15.3. The number of aromatic nitrogens is 1. The molecule has 0 unspecified atom stereocenters. The highest BCUT2D eigenvalue weighted by Gasteiger charge is 2.34. The average molecular weight is 406 g/mol. The first-order valence-electron chi connectivity index (χ1n) is 10.5. The van der Waals surface area contributed by atoms with E-state index < -0.39 is 5.60 Å². The van der Waals surface area contributed by atoms with E-state index >= 15 is 0 Å². The molecule has 5 rings (SSSR count). The summed E-state index contributed by atoms with van der Waals surface area (Å²) in [4.78, 5) is 2.37. The molecular formula is C24H26N2O4. The van der Waals surface area contributed by atoms with Crippen molar-refractivity contribution in [2.24, 2.45) is 0 Å². The molecule has 6 nitrogen and oxygen atoms in total. The van der Waals surface area contributed by atoms with Crippen LogP contribution in [0.3, 0.4) is 0 Å². The summed E-state index contributed by atoms with van der Waals surface area (Å²) in [5.74, 6) is 2.38. The van der Waals surface area contributed by atoms with Crippen molar-refractivity contribution >= 4 is 0 Å². The maximum absolute atomic E-state index is 11.1. The normalized spacial score (nSPS) is 18.3. The van der Waals surface area contributed by atoms with Crippen molar-refractivity contribution in [3.63, 3.8) is 0 Å². The fourth-order valence-corrected chi connectivity index (χ4v) is 4.21. The average Bonchev–Trinajstić information content (AvgIpc) is 3.24. The second kappa shape index (κ2) is 8.13. The first-order valence-corrected chi connectivity index (χ1v) is 10.5. The van der Waals surface area contributed by atoms with Gasteiger partial charge in [0.2, 0.25) is 0 Å². The van der Waals surface area contributed by atoms with Crippen molar-refractivity contribution in [2.45, 2.75) is 31.4 Å². The van der Waals surface area contributed by atoms with E-state index in [1.807, 2.05) is 42.5 Å². The van der Waals surface area contributed by atoms with Gasteiger partial charge in [-0.3, -0.25) is 4.90 Å². The molecule has 1 aromatic heterocycles. The van der Waals surface area contributed by atoms with Crippen molar-refractivity contribution in [3.8, 4) is 22.8 Å². The van der Waals surface area contributed by atoms with Crippen molar-refractivity contribution in [1.82, 2.24) is 10.1 Å². The van der Waals surface area contributed by atoms with Gasteiger partial charge in [0.05, 0.1) is 5.60 Å². The minimum absolute atomic E-state index is 0.491. The molecule has 1 N–H and O–H groups in total. The van der Waals surface area contributed by atoms with Gasteiger partial charge in [-0.1, -0.05) is 41.6 Å². The molecule has 3 heterocycles. The number of hydrogen-bond donors (Lipinski definition) is 1. The Labute approximate surface area is 176 Å². The fourth-order valence-electron chi connectivity index (χ4n) is 4.21. The van der Waals surface area contributed by atoms with Crippen LogP contribution >= 0.6 is 0 Å². The van der Waals surface area contributed by atoms with E-state index in [1.54, 1.807) is 0 Å². The van der Waals surface area contributed by atoms with Gasteiger partial charge in [-0.25, -0.2) is 0 Å². The van der Waals surface area contributed by atoms with Gasteiger partial charge in [-0.15, -0.1) is 0 Å². The second-order valence-electron chi connectivity index (χ2n) is 8.20. The smallest absolute Gasteiger partial charge is 0.161 e. The lowest BCUT2D eigenvalue weighted by Gasteiger charge is -2.37. The highest BCUT2D eigenvalue weighted by atomic mass is 16.6. The molecule has 0 radical (unpaired) electrons. The van der Waals surface area contributed by atoms with Crippen LogP contribution in [0.15, 0.2) is 59.1 Å². The topological polar surface area (TPSA) is 68.0 Å². The number of likely N-dealkylation sites (tertiary alicyclic amines) is 1. The van der Waals surface area contributed by atoms with Crippen LogP contribution in [0.5, 0.6) is 11.5 Å². The predicted octanol–water partition coefficient (Wildman–Crippen LogP) is 3.68. The second-order valence-corrected chi connectivity index (χ2v) is 8.20. The van der Waals surface area contributed by atoms with Crippen molar-refractivity contribution in [2.75, 3.05) is 26.3 Å². The van der Waals surface area contributed by atoms with Gasteiger partial charge in [0.15, 0.2) is 11.5 Å². The van der Waals surface area contributed by atoms with Gasteiger partial charge in [-0.2, -0.15) is 0 Å². The number of aliphatic hydroxyl groups is 1. The largest absolute Gasteiger partial charge is 0.486 e. The van der Waals surface area contributed by atoms with Crippen LogP contribution in [0.25, 0.3) is 11.3 Å². The molecule has 0 spiro atoms. The summed E-state index contributed by atoms with van der Waals surface area (Å²) in [6, 6.07) is 18.0. The Morgan fingerprint density at radius 1 is 0.933 bits per heavy atom. The van der Waals surface area contributed by atoms with Gasteiger partial charge in [0.25, 0.3) is 0 Å². The van der Waals surface area contributed by atoms with Crippen molar-refractivity contribution < 1.29 is 19.1 Å². The summed E-state index contributed by atoms with van der Waals surface area (Å²) in [6.07, 6.45) is 1.91. The van der Waals surface area contributed by atoms with Crippen LogP contribution < -0.4 is 9.47 Å². The Kier molecular flexibility index (Phi) is 5.19. The SMILES string of the molecule is OC1(Cc2cc(-c3ccccc3)no2)CCN(Cc2ccc3c(c2)OCCO3)CC1. The lowest BCUT2D eigenvalue weighted by atomic mass is 9.87. The number of ether oxygens (including phenoxy) is 2. The lowest BCUT2D eigenvalue weighted by molar-refractivity contribution is -0.0265. The summed E-state index contributed by atoms with van der Waals surface area (Å²) in [7, 11) is 0. The molecule has 0 aliphatic carbocycles.